The first kappa shape index (κ1) is 57.8. The lowest BCUT2D eigenvalue weighted by Crippen LogP contribution is -2.59. The molecule has 4 aromatic rings. The predicted octanol–water partition coefficient (Wildman–Crippen LogP) is 8.80. The number of alkyl carbamates (subject to hydrolysis) is 4. The van der Waals surface area contributed by atoms with Crippen LogP contribution >= 0.6 is 11.6 Å². The number of phenols is 1. The third-order valence-corrected chi connectivity index (χ3v) is 11.1. The summed E-state index contributed by atoms with van der Waals surface area (Å²) in [6.07, 6.45) is -2.05. The number of carbonyl (C=O) groups excluding carboxylic acids is 5. The molecule has 3 heterocycles. The van der Waals surface area contributed by atoms with Crippen molar-refractivity contribution in [2.24, 2.45) is 0 Å². The Morgan fingerprint density at radius 1 is 0.592 bits per heavy atom. The van der Waals surface area contributed by atoms with E-state index in [2.05, 4.69) is 31.9 Å². The summed E-state index contributed by atoms with van der Waals surface area (Å²) in [6, 6.07) is 16.1. The van der Waals surface area contributed by atoms with E-state index in [1.165, 1.54) is 18.2 Å². The van der Waals surface area contributed by atoms with E-state index in [1.54, 1.807) is 111 Å². The van der Waals surface area contributed by atoms with E-state index in [0.717, 1.165) is 5.56 Å². The Morgan fingerprint density at radius 2 is 1.03 bits per heavy atom. The fraction of sp³-hybridized carbons (Fsp3) is 0.509. The Hall–Kier alpha value is -7.49. The summed E-state index contributed by atoms with van der Waals surface area (Å²) in [6.45, 7) is 21.8. The maximum Gasteiger partial charge on any atom is 0.407 e. The van der Waals surface area contributed by atoms with Crippen LogP contribution in [0.25, 0.3) is 0 Å². The second-order valence-corrected chi connectivity index (χ2v) is 23.1. The van der Waals surface area contributed by atoms with Crippen LogP contribution in [0.4, 0.5) is 48.4 Å². The van der Waals surface area contributed by atoms with E-state index in [1.807, 2.05) is 30.3 Å². The van der Waals surface area contributed by atoms with Crippen LogP contribution in [-0.2, 0) is 25.6 Å². The second-order valence-electron chi connectivity index (χ2n) is 22.6. The number of phenolic OH excluding ortho intramolecular Hbond substituents is 1. The Labute approximate surface area is 448 Å². The molecule has 0 bridgehead atoms. The van der Waals surface area contributed by atoms with Gasteiger partial charge in [-0.15, -0.1) is 0 Å². The van der Waals surface area contributed by atoms with Gasteiger partial charge in [0.05, 0.1) is 35.4 Å². The van der Waals surface area contributed by atoms with Crippen molar-refractivity contribution in [1.29, 1.82) is 0 Å². The second kappa shape index (κ2) is 24.0. The molecular formula is C53H72ClN11O11. The molecule has 23 heteroatoms. The molecule has 2 saturated heterocycles. The van der Waals surface area contributed by atoms with Gasteiger partial charge >= 0.3 is 24.4 Å². The zero-order valence-electron chi connectivity index (χ0n) is 45.3. The number of carbonyl (C=O) groups is 5. The Morgan fingerprint density at radius 3 is 1.43 bits per heavy atom. The number of aromatic hydroxyl groups is 1. The van der Waals surface area contributed by atoms with E-state index in [-0.39, 0.29) is 78.4 Å². The predicted molar refractivity (Wildman–Crippen MR) is 288 cm³/mol. The highest BCUT2D eigenvalue weighted by Gasteiger charge is 2.36. The van der Waals surface area contributed by atoms with E-state index in [4.69, 9.17) is 50.2 Å². The molecule has 4 atom stereocenters. The molecule has 22 nitrogen and oxygen atoms in total. The summed E-state index contributed by atoms with van der Waals surface area (Å²) in [5, 5.41) is 28.7. The lowest BCUT2D eigenvalue weighted by Gasteiger charge is -2.40. The number of aromatic nitrogens is 3. The van der Waals surface area contributed by atoms with Gasteiger partial charge in [0.25, 0.3) is 5.91 Å². The summed E-state index contributed by atoms with van der Waals surface area (Å²) in [5.74, 6) is -0.384. The largest absolute Gasteiger partial charge is 0.507 e. The van der Waals surface area contributed by atoms with Crippen molar-refractivity contribution in [3.8, 4) is 11.5 Å². The number of ether oxygens (including phenoxy) is 5. The van der Waals surface area contributed by atoms with Gasteiger partial charge in [-0.3, -0.25) is 4.79 Å². The Kier molecular flexibility index (Phi) is 18.3. The molecule has 3 aromatic carbocycles. The number of nitrogens with one attached hydrogen (secondary N) is 6. The number of amides is 5. The average Bonchev–Trinajstić information content (AvgIpc) is 3.26. The number of hydrogen-bond donors (Lipinski definition) is 7. The molecular weight excluding hydrogens is 1000 g/mol. The maximum atomic E-state index is 13.6. The zero-order valence-corrected chi connectivity index (χ0v) is 46.0. The highest BCUT2D eigenvalue weighted by molar-refractivity contribution is 6.31. The molecule has 1 aromatic heterocycles. The Balaban J connectivity index is 1.42. The van der Waals surface area contributed by atoms with Gasteiger partial charge in [-0.1, -0.05) is 41.9 Å². The normalized spacial score (nSPS) is 18.1. The van der Waals surface area contributed by atoms with Crippen molar-refractivity contribution in [2.75, 3.05) is 46.6 Å². The molecule has 0 spiro atoms. The van der Waals surface area contributed by atoms with Gasteiger partial charge in [-0.05, 0) is 132 Å². The standard InChI is InChI=1S/C53H72ClN11O11/c1-50(2,3)73-46(68)56-34-23-35(57-47(69)74-51(4,5)6)27-64(26-34)44-61-43(62-45(63-44)65-28-36(58-48(70)75-52(7,8)9)24-37(29-65)59-49(71)76-53(10,11)12)55-33-19-21-39(41(25-33)72-30-31-16-14-13-15-17-31)60-42(67)38-20-18-32(54)22-40(38)66/h13-22,25,34-37,66H,23-24,26-30H2,1-12H3,(H,56,68)(H,57,69)(H,58,70)(H,59,71)(H,60,67)(H,55,61,62,63)/t34-,35+,36-,37+. The molecule has 412 valence electrons. The fourth-order valence-corrected chi connectivity index (χ4v) is 8.27. The van der Waals surface area contributed by atoms with Crippen LogP contribution in [0.15, 0.2) is 66.7 Å². The van der Waals surface area contributed by atoms with E-state index in [0.29, 0.717) is 18.5 Å². The van der Waals surface area contributed by atoms with Gasteiger partial charge in [0, 0.05) is 43.0 Å². The molecule has 2 aliphatic heterocycles. The van der Waals surface area contributed by atoms with Gasteiger partial charge in [-0.2, -0.15) is 15.0 Å². The number of benzene rings is 3. The lowest BCUT2D eigenvalue weighted by atomic mass is 10.0. The van der Waals surface area contributed by atoms with Gasteiger partial charge < -0.3 is 70.5 Å². The average molecular weight is 1070 g/mol. The van der Waals surface area contributed by atoms with Crippen molar-refractivity contribution in [3.05, 3.63) is 82.9 Å². The quantitative estimate of drug-likeness (QED) is 0.0616. The van der Waals surface area contributed by atoms with Crippen LogP contribution in [0, 0.1) is 0 Å². The van der Waals surface area contributed by atoms with E-state index >= 15 is 0 Å². The van der Waals surface area contributed by atoms with E-state index < -0.39 is 76.9 Å². The van der Waals surface area contributed by atoms with Gasteiger partial charge in [0.1, 0.15) is 40.5 Å². The van der Waals surface area contributed by atoms with E-state index in [9.17, 15) is 29.1 Å². The van der Waals surface area contributed by atoms with Crippen molar-refractivity contribution >= 4 is 71.1 Å². The number of anilines is 5. The molecule has 0 radical (unpaired) electrons. The number of halogens is 1. The van der Waals surface area contributed by atoms with Crippen molar-refractivity contribution in [2.45, 2.75) is 149 Å². The summed E-state index contributed by atoms with van der Waals surface area (Å²) in [5.41, 5.74) is -1.67. The van der Waals surface area contributed by atoms with Crippen molar-refractivity contribution in [3.63, 3.8) is 0 Å². The smallest absolute Gasteiger partial charge is 0.407 e. The van der Waals surface area contributed by atoms with Crippen LogP contribution in [0.1, 0.15) is 112 Å². The maximum absolute atomic E-state index is 13.6. The molecule has 76 heavy (non-hydrogen) atoms. The van der Waals surface area contributed by atoms with Crippen LogP contribution in [0.3, 0.4) is 0 Å². The van der Waals surface area contributed by atoms with Gasteiger partial charge in [0.15, 0.2) is 0 Å². The SMILES string of the molecule is CC(C)(C)OC(=O)N[C@@H]1C[C@H](NC(=O)OC(C)(C)C)CN(c2nc(Nc3ccc(NC(=O)c4ccc(Cl)cc4O)c(OCc4ccccc4)c3)nc(N3C[C@H](NC(=O)OC(C)(C)C)C[C@H](NC(=O)OC(C)(C)C)C3)n2)C1. The molecule has 7 N–H and O–H groups in total. The fourth-order valence-electron chi connectivity index (χ4n) is 8.11. The number of nitrogens with zero attached hydrogens (tertiary/aromatic N) is 5. The number of rotatable bonds is 13. The molecule has 2 fully saturated rings. The highest BCUT2D eigenvalue weighted by Crippen LogP contribution is 2.33. The van der Waals surface area contributed by atoms with Gasteiger partial charge in [-0.25, -0.2) is 19.2 Å². The molecule has 6 rings (SSSR count). The number of piperidine rings is 2. The molecule has 0 unspecified atom stereocenters. The first-order valence-electron chi connectivity index (χ1n) is 25.0. The van der Waals surface area contributed by atoms with Crippen LogP contribution in [-0.4, -0.2) is 123 Å². The van der Waals surface area contributed by atoms with Gasteiger partial charge in [0.2, 0.25) is 17.8 Å². The minimum absolute atomic E-state index is 0.0135. The summed E-state index contributed by atoms with van der Waals surface area (Å²) in [7, 11) is 0. The number of hydrogen-bond acceptors (Lipinski definition) is 17. The van der Waals surface area contributed by atoms with Crippen LogP contribution in [0.2, 0.25) is 5.02 Å². The van der Waals surface area contributed by atoms with Crippen LogP contribution in [0.5, 0.6) is 11.5 Å². The third-order valence-electron chi connectivity index (χ3n) is 10.9. The zero-order chi connectivity index (χ0) is 55.8. The first-order valence-corrected chi connectivity index (χ1v) is 25.4. The summed E-state index contributed by atoms with van der Waals surface area (Å²) >= 11 is 6.06. The first-order chi connectivity index (χ1) is 35.4. The molecule has 0 aliphatic carbocycles. The molecule has 2 aliphatic rings. The highest BCUT2D eigenvalue weighted by atomic mass is 35.5. The lowest BCUT2D eigenvalue weighted by molar-refractivity contribution is 0.0452. The Bertz CT molecular complexity index is 2530. The van der Waals surface area contributed by atoms with Crippen LogP contribution < -0.4 is 46.4 Å². The summed E-state index contributed by atoms with van der Waals surface area (Å²) < 4.78 is 28.8. The molecule has 0 saturated carbocycles. The monoisotopic (exact) mass is 1070 g/mol. The summed E-state index contributed by atoms with van der Waals surface area (Å²) in [4.78, 5) is 85.0. The minimum Gasteiger partial charge on any atom is -0.507 e. The van der Waals surface area contributed by atoms with Crippen molar-refractivity contribution in [1.82, 2.24) is 36.2 Å². The third kappa shape index (κ3) is 18.7. The van der Waals surface area contributed by atoms with Crippen molar-refractivity contribution < 1.29 is 52.8 Å². The molecule has 5 amide bonds. The topological polar surface area (TPSA) is 269 Å². The minimum atomic E-state index is -0.799.